The highest BCUT2D eigenvalue weighted by Crippen LogP contribution is 2.23. The second kappa shape index (κ2) is 8.35. The molecule has 1 atom stereocenters. The van der Waals surface area contributed by atoms with Gasteiger partial charge >= 0.3 is 0 Å². The van der Waals surface area contributed by atoms with Crippen molar-refractivity contribution in [2.24, 2.45) is 22.4 Å². The van der Waals surface area contributed by atoms with E-state index in [1.807, 2.05) is 9.58 Å². The monoisotopic (exact) mass is 420 g/mol. The number of rotatable bonds is 5. The third-order valence-corrected chi connectivity index (χ3v) is 4.04. The van der Waals surface area contributed by atoms with Gasteiger partial charge in [-0.05, 0) is 32.6 Å². The number of carbonyl (C=O) groups is 1. The number of aromatic nitrogens is 2. The van der Waals surface area contributed by atoms with Crippen molar-refractivity contribution in [1.29, 1.82) is 0 Å². The van der Waals surface area contributed by atoms with Crippen molar-refractivity contribution < 1.29 is 4.79 Å². The lowest BCUT2D eigenvalue weighted by molar-refractivity contribution is 0.0998. The number of nitrogens with two attached hydrogens (primary N) is 2. The molecule has 0 spiro atoms. The van der Waals surface area contributed by atoms with Crippen molar-refractivity contribution in [3.63, 3.8) is 0 Å². The molecule has 2 heterocycles. The third-order valence-electron chi connectivity index (χ3n) is 4.04. The smallest absolute Gasteiger partial charge is 0.252 e. The first-order chi connectivity index (χ1) is 10.1. The van der Waals surface area contributed by atoms with Crippen LogP contribution in [0.4, 0.5) is 0 Å². The van der Waals surface area contributed by atoms with Gasteiger partial charge in [0.1, 0.15) is 0 Å². The van der Waals surface area contributed by atoms with Crippen LogP contribution in [0.25, 0.3) is 0 Å². The molecule has 0 bridgehead atoms. The van der Waals surface area contributed by atoms with Crippen molar-refractivity contribution in [2.45, 2.75) is 33.2 Å². The summed E-state index contributed by atoms with van der Waals surface area (Å²) in [7, 11) is 0. The van der Waals surface area contributed by atoms with Gasteiger partial charge in [0.05, 0.1) is 17.5 Å². The van der Waals surface area contributed by atoms with Gasteiger partial charge < -0.3 is 16.4 Å². The predicted molar refractivity (Wildman–Crippen MR) is 97.4 cm³/mol. The molecule has 1 unspecified atom stereocenters. The topological polar surface area (TPSA) is 103 Å². The Morgan fingerprint density at radius 2 is 2.14 bits per heavy atom. The van der Waals surface area contributed by atoms with Gasteiger partial charge in [-0.25, -0.2) is 0 Å². The maximum Gasteiger partial charge on any atom is 0.252 e. The molecule has 7 nitrogen and oxygen atoms in total. The molecular formula is C14H25IN6O. The minimum Gasteiger partial charge on any atom is -0.370 e. The molecular weight excluding hydrogens is 395 g/mol. The number of hydrogen-bond acceptors (Lipinski definition) is 3. The number of aliphatic imine (C=N–C) groups is 1. The zero-order chi connectivity index (χ0) is 15.4. The number of fused-ring (bicyclic) bond motifs is 1. The molecule has 124 valence electrons. The summed E-state index contributed by atoms with van der Waals surface area (Å²) in [6.45, 7) is 7.30. The van der Waals surface area contributed by atoms with Gasteiger partial charge in [-0.3, -0.25) is 14.5 Å². The molecule has 22 heavy (non-hydrogen) atoms. The Balaban J connectivity index is 0.00000242. The van der Waals surface area contributed by atoms with Crippen molar-refractivity contribution >= 4 is 35.8 Å². The van der Waals surface area contributed by atoms with Crippen LogP contribution in [0.5, 0.6) is 0 Å². The number of guanidine groups is 1. The Hall–Kier alpha value is -1.32. The van der Waals surface area contributed by atoms with Gasteiger partial charge in [-0.15, -0.1) is 24.0 Å². The Bertz CT molecular complexity index is 537. The molecule has 1 amide bonds. The molecule has 8 heteroatoms. The number of hydrogen-bond donors (Lipinski definition) is 2. The highest BCUT2D eigenvalue weighted by molar-refractivity contribution is 14.0. The van der Waals surface area contributed by atoms with Crippen molar-refractivity contribution in [2.75, 3.05) is 19.6 Å². The van der Waals surface area contributed by atoms with Crippen molar-refractivity contribution in [3.8, 4) is 0 Å². The van der Waals surface area contributed by atoms with Gasteiger partial charge in [0.15, 0.2) is 5.96 Å². The molecule has 0 aromatic carbocycles. The third kappa shape index (κ3) is 4.11. The highest BCUT2D eigenvalue weighted by atomic mass is 127. The number of halogens is 1. The van der Waals surface area contributed by atoms with Gasteiger partial charge in [-0.1, -0.05) is 0 Å². The molecule has 0 saturated heterocycles. The Labute approximate surface area is 148 Å². The number of nitrogens with zero attached hydrogens (tertiary/aromatic N) is 4. The largest absolute Gasteiger partial charge is 0.370 e. The first kappa shape index (κ1) is 18.7. The molecule has 0 fully saturated rings. The lowest BCUT2D eigenvalue weighted by Gasteiger charge is -2.24. The van der Waals surface area contributed by atoms with Crippen LogP contribution < -0.4 is 11.5 Å². The number of primary amides is 1. The fourth-order valence-corrected chi connectivity index (χ4v) is 2.73. The lowest BCUT2D eigenvalue weighted by atomic mass is 9.94. The number of aryl methyl sites for hydroxylation is 1. The van der Waals surface area contributed by atoms with Gasteiger partial charge in [0.25, 0.3) is 5.91 Å². The van der Waals surface area contributed by atoms with Crippen LogP contribution in [0.1, 0.15) is 36.3 Å². The maximum atomic E-state index is 11.4. The summed E-state index contributed by atoms with van der Waals surface area (Å²) in [5.74, 6) is 0.554. The molecule has 4 N–H and O–H groups in total. The summed E-state index contributed by atoms with van der Waals surface area (Å²) in [5.41, 5.74) is 12.8. The summed E-state index contributed by atoms with van der Waals surface area (Å²) >= 11 is 0. The zero-order valence-corrected chi connectivity index (χ0v) is 15.5. The van der Waals surface area contributed by atoms with E-state index in [9.17, 15) is 4.79 Å². The van der Waals surface area contributed by atoms with E-state index >= 15 is 0 Å². The Morgan fingerprint density at radius 1 is 1.45 bits per heavy atom. The average Bonchev–Trinajstić information content (AvgIpc) is 2.89. The molecule has 0 saturated carbocycles. The molecule has 1 aromatic rings. The van der Waals surface area contributed by atoms with E-state index in [1.54, 1.807) is 6.20 Å². The normalized spacial score (nSPS) is 17.5. The summed E-state index contributed by atoms with van der Waals surface area (Å²) in [5, 5.41) is 4.21. The lowest BCUT2D eigenvalue weighted by Crippen LogP contribution is -2.37. The minimum atomic E-state index is -0.414. The second-order valence-corrected chi connectivity index (χ2v) is 5.32. The minimum absolute atomic E-state index is 0. The van der Waals surface area contributed by atoms with Crippen LogP contribution in [0.2, 0.25) is 0 Å². The van der Waals surface area contributed by atoms with Crippen LogP contribution in [0.15, 0.2) is 11.2 Å². The fourth-order valence-electron chi connectivity index (χ4n) is 2.73. The zero-order valence-electron chi connectivity index (χ0n) is 13.2. The van der Waals surface area contributed by atoms with E-state index in [4.69, 9.17) is 11.5 Å². The summed E-state index contributed by atoms with van der Waals surface area (Å²) in [6, 6.07) is 0. The van der Waals surface area contributed by atoms with Crippen LogP contribution in [0.3, 0.4) is 0 Å². The summed E-state index contributed by atoms with van der Waals surface area (Å²) < 4.78 is 1.87. The SMILES string of the molecule is CCN(CC)C(N)=NCC1CCn2ncc(C(N)=O)c2C1.I. The van der Waals surface area contributed by atoms with E-state index in [0.29, 0.717) is 24.0 Å². The van der Waals surface area contributed by atoms with E-state index in [0.717, 1.165) is 38.2 Å². The van der Waals surface area contributed by atoms with Gasteiger partial charge in [0, 0.05) is 26.2 Å². The quantitative estimate of drug-likeness (QED) is 0.418. The van der Waals surface area contributed by atoms with E-state index in [2.05, 4.69) is 23.9 Å². The van der Waals surface area contributed by atoms with Crippen LogP contribution in [-0.2, 0) is 13.0 Å². The first-order valence-electron chi connectivity index (χ1n) is 7.46. The van der Waals surface area contributed by atoms with Crippen molar-refractivity contribution in [1.82, 2.24) is 14.7 Å². The van der Waals surface area contributed by atoms with Gasteiger partial charge in [0.2, 0.25) is 0 Å². The molecule has 2 rings (SSSR count). The second-order valence-electron chi connectivity index (χ2n) is 5.32. The predicted octanol–water partition coefficient (Wildman–Crippen LogP) is 0.819. The molecule has 0 aliphatic carbocycles. The van der Waals surface area contributed by atoms with E-state index < -0.39 is 5.91 Å². The average molecular weight is 420 g/mol. The summed E-state index contributed by atoms with van der Waals surface area (Å²) in [6.07, 6.45) is 3.32. The van der Waals surface area contributed by atoms with E-state index in [1.165, 1.54) is 0 Å². The molecule has 1 aromatic heterocycles. The van der Waals surface area contributed by atoms with Crippen LogP contribution in [-0.4, -0.2) is 46.2 Å². The molecule has 1 aliphatic rings. The number of amides is 1. The highest BCUT2D eigenvalue weighted by Gasteiger charge is 2.24. The number of carbonyl (C=O) groups excluding carboxylic acids is 1. The first-order valence-corrected chi connectivity index (χ1v) is 7.46. The summed E-state index contributed by atoms with van der Waals surface area (Å²) in [4.78, 5) is 17.9. The van der Waals surface area contributed by atoms with Crippen LogP contribution in [0, 0.1) is 5.92 Å². The fraction of sp³-hybridized carbons (Fsp3) is 0.643. The Morgan fingerprint density at radius 3 is 2.73 bits per heavy atom. The molecule has 0 radical (unpaired) electrons. The van der Waals surface area contributed by atoms with Gasteiger partial charge in [-0.2, -0.15) is 5.10 Å². The molecule has 1 aliphatic heterocycles. The maximum absolute atomic E-state index is 11.4. The van der Waals surface area contributed by atoms with Crippen molar-refractivity contribution in [3.05, 3.63) is 17.5 Å². The standard InChI is InChI=1S/C14H24N6O.HI/c1-3-19(4-2)14(16)17-8-10-5-6-20-12(7-10)11(9-18-20)13(15)21;/h9-10H,3-8H2,1-2H3,(H2,15,21)(H2,16,17);1H. The van der Waals surface area contributed by atoms with E-state index in [-0.39, 0.29) is 24.0 Å². The van der Waals surface area contributed by atoms with Crippen LogP contribution >= 0.6 is 24.0 Å². The Kier molecular flexibility index (Phi) is 7.11.